The van der Waals surface area contributed by atoms with Crippen LogP contribution in [0.5, 0.6) is 11.5 Å². The molecule has 0 amide bonds. The maximum Gasteiger partial charge on any atom is 0.136 e. The fraction of sp³-hybridized carbons (Fsp3) is 0.217. The summed E-state index contributed by atoms with van der Waals surface area (Å²) in [5.41, 5.74) is 10.3. The van der Waals surface area contributed by atoms with Gasteiger partial charge < -0.3 is 20.8 Å². The van der Waals surface area contributed by atoms with E-state index < -0.39 is 0 Å². The molecule has 0 spiro atoms. The molecule has 2 aromatic heterocycles. The van der Waals surface area contributed by atoms with Crippen molar-refractivity contribution in [2.45, 2.75) is 18.8 Å². The van der Waals surface area contributed by atoms with Gasteiger partial charge in [0.2, 0.25) is 0 Å². The maximum absolute atomic E-state index is 6.26. The molecule has 4 aromatic rings. The molecule has 1 fully saturated rings. The molecule has 0 saturated carbocycles. The fourth-order valence-corrected chi connectivity index (χ4v) is 4.03. The standard InChI is InChI=1S/C23H23N5O/c24-23-19-20(15-8-10-18(11-9-15)29-17-6-2-1-3-7-17)28-21(22(19)26-14-27-23)16-5-4-12-25-13-16/h1-3,6-11,14,16,25,28H,4-5,12-13H2,(H2,24,26,27). The largest absolute Gasteiger partial charge is 0.457 e. The van der Waals surface area contributed by atoms with Crippen molar-refractivity contribution in [1.82, 2.24) is 20.3 Å². The average molecular weight is 385 g/mol. The quantitative estimate of drug-likeness (QED) is 0.482. The number of hydrogen-bond acceptors (Lipinski definition) is 5. The van der Waals surface area contributed by atoms with Crippen LogP contribution >= 0.6 is 0 Å². The molecule has 1 aliphatic heterocycles. The van der Waals surface area contributed by atoms with E-state index in [1.165, 1.54) is 0 Å². The van der Waals surface area contributed by atoms with Crippen LogP contribution in [0.15, 0.2) is 60.9 Å². The number of piperidine rings is 1. The summed E-state index contributed by atoms with van der Waals surface area (Å²) in [7, 11) is 0. The minimum absolute atomic E-state index is 0.398. The van der Waals surface area contributed by atoms with E-state index in [1.807, 2.05) is 54.6 Å². The molecule has 0 bridgehead atoms. The number of nitrogen functional groups attached to an aromatic ring is 1. The number of fused-ring (bicyclic) bond motifs is 1. The van der Waals surface area contributed by atoms with Crippen LogP contribution in [0.1, 0.15) is 24.5 Å². The molecule has 0 radical (unpaired) electrons. The number of nitrogens with two attached hydrogens (primary N) is 1. The van der Waals surface area contributed by atoms with Gasteiger partial charge in [0.05, 0.1) is 16.6 Å². The smallest absolute Gasteiger partial charge is 0.136 e. The second kappa shape index (κ2) is 7.56. The lowest BCUT2D eigenvalue weighted by Gasteiger charge is -2.21. The number of hydrogen-bond donors (Lipinski definition) is 3. The van der Waals surface area contributed by atoms with Gasteiger partial charge in [0, 0.05) is 18.2 Å². The first kappa shape index (κ1) is 17.7. The van der Waals surface area contributed by atoms with Gasteiger partial charge in [-0.2, -0.15) is 0 Å². The highest BCUT2D eigenvalue weighted by atomic mass is 16.5. The molecule has 1 aliphatic rings. The van der Waals surface area contributed by atoms with E-state index in [1.54, 1.807) is 6.33 Å². The molecule has 2 aromatic carbocycles. The van der Waals surface area contributed by atoms with Crippen molar-refractivity contribution in [2.24, 2.45) is 0 Å². The molecule has 6 heteroatoms. The van der Waals surface area contributed by atoms with Crippen LogP contribution < -0.4 is 15.8 Å². The number of rotatable bonds is 4. The van der Waals surface area contributed by atoms with Crippen LogP contribution in [0.3, 0.4) is 0 Å². The van der Waals surface area contributed by atoms with Crippen molar-refractivity contribution in [3.8, 4) is 22.8 Å². The van der Waals surface area contributed by atoms with Crippen molar-refractivity contribution >= 4 is 16.7 Å². The fourth-order valence-electron chi connectivity index (χ4n) is 4.03. The molecule has 29 heavy (non-hydrogen) atoms. The van der Waals surface area contributed by atoms with Gasteiger partial charge in [-0.05, 0) is 61.3 Å². The van der Waals surface area contributed by atoms with Gasteiger partial charge in [-0.1, -0.05) is 18.2 Å². The van der Waals surface area contributed by atoms with Crippen LogP contribution in [0.2, 0.25) is 0 Å². The third kappa shape index (κ3) is 3.43. The van der Waals surface area contributed by atoms with E-state index in [9.17, 15) is 0 Å². The van der Waals surface area contributed by atoms with Crippen molar-refractivity contribution in [2.75, 3.05) is 18.8 Å². The second-order valence-electron chi connectivity index (χ2n) is 7.38. The summed E-state index contributed by atoms with van der Waals surface area (Å²) in [5.74, 6) is 2.50. The first-order chi connectivity index (χ1) is 14.3. The Bertz CT molecular complexity index is 1120. The van der Waals surface area contributed by atoms with Crippen LogP contribution in [0.25, 0.3) is 22.2 Å². The lowest BCUT2D eigenvalue weighted by Crippen LogP contribution is -2.28. The third-order valence-corrected chi connectivity index (χ3v) is 5.47. The van der Waals surface area contributed by atoms with Gasteiger partial charge in [-0.3, -0.25) is 0 Å². The Morgan fingerprint density at radius 3 is 2.52 bits per heavy atom. The summed E-state index contributed by atoms with van der Waals surface area (Å²) >= 11 is 0. The monoisotopic (exact) mass is 385 g/mol. The van der Waals surface area contributed by atoms with Crippen molar-refractivity contribution in [3.05, 3.63) is 66.6 Å². The predicted octanol–water partition coefficient (Wildman–Crippen LogP) is 4.47. The van der Waals surface area contributed by atoms with Gasteiger partial charge in [0.15, 0.2) is 0 Å². The predicted molar refractivity (Wildman–Crippen MR) is 115 cm³/mol. The van der Waals surface area contributed by atoms with Crippen molar-refractivity contribution in [3.63, 3.8) is 0 Å². The lowest BCUT2D eigenvalue weighted by molar-refractivity contribution is 0.457. The van der Waals surface area contributed by atoms with Crippen LogP contribution in [-0.4, -0.2) is 28.0 Å². The Labute approximate surface area is 169 Å². The molecule has 146 valence electrons. The number of aromatic amines is 1. The summed E-state index contributed by atoms with van der Waals surface area (Å²) in [6.07, 6.45) is 3.84. The molecular weight excluding hydrogens is 362 g/mol. The minimum atomic E-state index is 0.398. The number of anilines is 1. The molecule has 6 nitrogen and oxygen atoms in total. The van der Waals surface area contributed by atoms with Crippen LogP contribution in [0.4, 0.5) is 5.82 Å². The Morgan fingerprint density at radius 2 is 1.76 bits per heavy atom. The van der Waals surface area contributed by atoms with Crippen molar-refractivity contribution < 1.29 is 4.74 Å². The number of aromatic nitrogens is 3. The maximum atomic E-state index is 6.26. The molecule has 1 saturated heterocycles. The Kier molecular flexibility index (Phi) is 4.62. The van der Waals surface area contributed by atoms with E-state index in [4.69, 9.17) is 10.5 Å². The number of nitrogens with one attached hydrogen (secondary N) is 2. The molecule has 5 rings (SSSR count). The Morgan fingerprint density at radius 1 is 0.966 bits per heavy atom. The molecule has 3 heterocycles. The van der Waals surface area contributed by atoms with E-state index in [-0.39, 0.29) is 0 Å². The zero-order valence-electron chi connectivity index (χ0n) is 16.1. The highest BCUT2D eigenvalue weighted by molar-refractivity contribution is 6.02. The zero-order chi connectivity index (χ0) is 19.6. The topological polar surface area (TPSA) is 88.9 Å². The molecular formula is C23H23N5O. The van der Waals surface area contributed by atoms with Gasteiger partial charge in [-0.25, -0.2) is 9.97 Å². The Hall–Kier alpha value is -3.38. The highest BCUT2D eigenvalue weighted by Gasteiger charge is 2.24. The number of H-pyrrole nitrogens is 1. The average Bonchev–Trinajstić information content (AvgIpc) is 3.17. The van der Waals surface area contributed by atoms with Gasteiger partial charge in [-0.15, -0.1) is 0 Å². The summed E-state index contributed by atoms with van der Waals surface area (Å²) in [6.45, 7) is 2.02. The first-order valence-electron chi connectivity index (χ1n) is 9.95. The summed E-state index contributed by atoms with van der Waals surface area (Å²) < 4.78 is 5.91. The molecule has 0 aliphatic carbocycles. The number of para-hydroxylation sites is 1. The number of nitrogens with zero attached hydrogens (tertiary/aromatic N) is 2. The second-order valence-corrected chi connectivity index (χ2v) is 7.38. The normalized spacial score (nSPS) is 16.8. The van der Waals surface area contributed by atoms with E-state index >= 15 is 0 Å². The van der Waals surface area contributed by atoms with Gasteiger partial charge in [0.25, 0.3) is 0 Å². The Balaban J connectivity index is 1.52. The number of ether oxygens (including phenoxy) is 1. The van der Waals surface area contributed by atoms with Gasteiger partial charge in [0.1, 0.15) is 23.6 Å². The van der Waals surface area contributed by atoms with Crippen molar-refractivity contribution in [1.29, 1.82) is 0 Å². The van der Waals surface area contributed by atoms with E-state index in [0.29, 0.717) is 11.7 Å². The van der Waals surface area contributed by atoms with Gasteiger partial charge >= 0.3 is 0 Å². The SMILES string of the molecule is Nc1ncnc2c(C3CCCNC3)[nH]c(-c3ccc(Oc4ccccc4)cc3)c12. The van der Waals surface area contributed by atoms with E-state index in [2.05, 4.69) is 20.3 Å². The molecule has 1 atom stereocenters. The summed E-state index contributed by atoms with van der Waals surface area (Å²) in [4.78, 5) is 12.4. The third-order valence-electron chi connectivity index (χ3n) is 5.47. The minimum Gasteiger partial charge on any atom is -0.457 e. The highest BCUT2D eigenvalue weighted by Crippen LogP contribution is 2.37. The molecule has 4 N–H and O–H groups in total. The first-order valence-corrected chi connectivity index (χ1v) is 9.95. The zero-order valence-corrected chi connectivity index (χ0v) is 16.1. The van der Waals surface area contributed by atoms with Crippen LogP contribution in [-0.2, 0) is 0 Å². The lowest BCUT2D eigenvalue weighted by atomic mass is 9.95. The van der Waals surface area contributed by atoms with Crippen LogP contribution in [0, 0.1) is 0 Å². The molecule has 1 unspecified atom stereocenters. The number of benzene rings is 2. The summed E-state index contributed by atoms with van der Waals surface area (Å²) in [6, 6.07) is 17.8. The summed E-state index contributed by atoms with van der Waals surface area (Å²) in [5, 5.41) is 4.37. The van der Waals surface area contributed by atoms with E-state index in [0.717, 1.165) is 65.3 Å².